The van der Waals surface area contributed by atoms with Crippen LogP contribution in [-0.4, -0.2) is 18.2 Å². The van der Waals surface area contributed by atoms with Crippen molar-refractivity contribution in [1.82, 2.24) is 0 Å². The standard InChI is InChI=1S/C16H17NO3/c1-20-11-13-9-5-6-10-14(13)17-15(16(18)19)12-7-3-2-4-8-12/h2-10,15,17H,11H2,1H3,(H,18,19). The maximum atomic E-state index is 11.5. The highest BCUT2D eigenvalue weighted by Gasteiger charge is 2.20. The van der Waals surface area contributed by atoms with Crippen LogP contribution in [0.5, 0.6) is 0 Å². The summed E-state index contributed by atoms with van der Waals surface area (Å²) in [5.74, 6) is -0.914. The third kappa shape index (κ3) is 3.36. The van der Waals surface area contributed by atoms with E-state index in [1.807, 2.05) is 42.5 Å². The molecule has 0 amide bonds. The van der Waals surface area contributed by atoms with Crippen LogP contribution in [-0.2, 0) is 16.1 Å². The first-order valence-corrected chi connectivity index (χ1v) is 6.33. The van der Waals surface area contributed by atoms with Crippen molar-refractivity contribution >= 4 is 11.7 Å². The molecule has 1 atom stereocenters. The topological polar surface area (TPSA) is 58.6 Å². The Morgan fingerprint density at radius 1 is 1.15 bits per heavy atom. The van der Waals surface area contributed by atoms with Gasteiger partial charge in [-0.3, -0.25) is 0 Å². The van der Waals surface area contributed by atoms with E-state index in [2.05, 4.69) is 5.32 Å². The second-order valence-corrected chi connectivity index (χ2v) is 4.42. The minimum Gasteiger partial charge on any atom is -0.479 e. The van der Waals surface area contributed by atoms with Gasteiger partial charge in [0.2, 0.25) is 0 Å². The van der Waals surface area contributed by atoms with Crippen molar-refractivity contribution in [2.45, 2.75) is 12.6 Å². The fourth-order valence-electron chi connectivity index (χ4n) is 2.03. The van der Waals surface area contributed by atoms with Crippen molar-refractivity contribution in [2.75, 3.05) is 12.4 Å². The van der Waals surface area contributed by atoms with Crippen LogP contribution in [0.25, 0.3) is 0 Å². The van der Waals surface area contributed by atoms with Crippen molar-refractivity contribution in [3.8, 4) is 0 Å². The number of methoxy groups -OCH3 is 1. The van der Waals surface area contributed by atoms with E-state index >= 15 is 0 Å². The first-order valence-electron chi connectivity index (χ1n) is 6.33. The second kappa shape index (κ2) is 6.73. The Balaban J connectivity index is 2.28. The molecule has 0 fully saturated rings. The van der Waals surface area contributed by atoms with E-state index < -0.39 is 12.0 Å². The van der Waals surface area contributed by atoms with E-state index in [0.29, 0.717) is 12.2 Å². The summed E-state index contributed by atoms with van der Waals surface area (Å²) < 4.78 is 5.13. The molecule has 0 aliphatic carbocycles. The average Bonchev–Trinajstić information content (AvgIpc) is 2.47. The molecule has 1 unspecified atom stereocenters. The molecule has 0 bridgehead atoms. The SMILES string of the molecule is COCc1ccccc1NC(C(=O)O)c1ccccc1. The lowest BCUT2D eigenvalue weighted by Crippen LogP contribution is -2.21. The summed E-state index contributed by atoms with van der Waals surface area (Å²) in [5.41, 5.74) is 2.41. The quantitative estimate of drug-likeness (QED) is 0.847. The summed E-state index contributed by atoms with van der Waals surface area (Å²) in [6.07, 6.45) is 0. The van der Waals surface area contributed by atoms with Crippen molar-refractivity contribution in [3.63, 3.8) is 0 Å². The third-order valence-corrected chi connectivity index (χ3v) is 3.00. The molecule has 0 aliphatic rings. The van der Waals surface area contributed by atoms with Crippen LogP contribution in [0.2, 0.25) is 0 Å². The monoisotopic (exact) mass is 271 g/mol. The maximum Gasteiger partial charge on any atom is 0.330 e. The average molecular weight is 271 g/mol. The lowest BCUT2D eigenvalue weighted by atomic mass is 10.1. The van der Waals surface area contributed by atoms with Gasteiger partial charge < -0.3 is 15.2 Å². The molecule has 0 saturated heterocycles. The van der Waals surface area contributed by atoms with Gasteiger partial charge >= 0.3 is 5.97 Å². The van der Waals surface area contributed by atoms with E-state index in [9.17, 15) is 9.90 Å². The fourth-order valence-corrected chi connectivity index (χ4v) is 2.03. The molecule has 2 N–H and O–H groups in total. The number of aliphatic carboxylic acids is 1. The zero-order valence-electron chi connectivity index (χ0n) is 11.2. The molecule has 104 valence electrons. The second-order valence-electron chi connectivity index (χ2n) is 4.42. The van der Waals surface area contributed by atoms with Crippen LogP contribution in [0, 0.1) is 0 Å². The smallest absolute Gasteiger partial charge is 0.330 e. The fraction of sp³-hybridized carbons (Fsp3) is 0.188. The highest BCUT2D eigenvalue weighted by atomic mass is 16.5. The summed E-state index contributed by atoms with van der Waals surface area (Å²) in [7, 11) is 1.61. The van der Waals surface area contributed by atoms with Gasteiger partial charge in [0.25, 0.3) is 0 Å². The zero-order valence-corrected chi connectivity index (χ0v) is 11.2. The van der Waals surface area contributed by atoms with Gasteiger partial charge in [-0.05, 0) is 11.6 Å². The lowest BCUT2D eigenvalue weighted by molar-refractivity contribution is -0.138. The molecule has 0 radical (unpaired) electrons. The van der Waals surface area contributed by atoms with Gasteiger partial charge in [0.05, 0.1) is 6.61 Å². The Kier molecular flexibility index (Phi) is 4.74. The number of ether oxygens (including phenoxy) is 1. The predicted octanol–water partition coefficient (Wildman–Crippen LogP) is 3.07. The molecular formula is C16H17NO3. The van der Waals surface area contributed by atoms with Crippen LogP contribution >= 0.6 is 0 Å². The van der Waals surface area contributed by atoms with Crippen LogP contribution in [0.1, 0.15) is 17.2 Å². The molecule has 0 aromatic heterocycles. The number of para-hydroxylation sites is 1. The highest BCUT2D eigenvalue weighted by Crippen LogP contribution is 2.23. The Morgan fingerprint density at radius 3 is 2.45 bits per heavy atom. The lowest BCUT2D eigenvalue weighted by Gasteiger charge is -2.18. The molecule has 4 nitrogen and oxygen atoms in total. The molecule has 4 heteroatoms. The van der Waals surface area contributed by atoms with E-state index in [1.54, 1.807) is 19.2 Å². The summed E-state index contributed by atoms with van der Waals surface area (Å²) in [5, 5.41) is 12.5. The first-order chi connectivity index (χ1) is 9.72. The number of hydrogen-bond acceptors (Lipinski definition) is 3. The number of anilines is 1. The number of carbonyl (C=O) groups is 1. The van der Waals surface area contributed by atoms with Crippen LogP contribution < -0.4 is 5.32 Å². The first kappa shape index (κ1) is 14.1. The molecule has 0 spiro atoms. The van der Waals surface area contributed by atoms with Crippen molar-refractivity contribution in [1.29, 1.82) is 0 Å². The summed E-state index contributed by atoms with van der Waals surface area (Å²) >= 11 is 0. The van der Waals surface area contributed by atoms with E-state index in [0.717, 1.165) is 11.3 Å². The van der Waals surface area contributed by atoms with Gasteiger partial charge in [-0.2, -0.15) is 0 Å². The van der Waals surface area contributed by atoms with Crippen LogP contribution in [0.3, 0.4) is 0 Å². The third-order valence-electron chi connectivity index (χ3n) is 3.00. The number of carboxylic acids is 1. The van der Waals surface area contributed by atoms with Crippen LogP contribution in [0.15, 0.2) is 54.6 Å². The molecular weight excluding hydrogens is 254 g/mol. The summed E-state index contributed by atoms with van der Waals surface area (Å²) in [4.78, 5) is 11.5. The number of rotatable bonds is 6. The molecule has 20 heavy (non-hydrogen) atoms. The van der Waals surface area contributed by atoms with Crippen molar-refractivity contribution in [2.24, 2.45) is 0 Å². The molecule has 2 aromatic carbocycles. The van der Waals surface area contributed by atoms with Gasteiger partial charge in [0.1, 0.15) is 0 Å². The van der Waals surface area contributed by atoms with Crippen LogP contribution in [0.4, 0.5) is 5.69 Å². The van der Waals surface area contributed by atoms with E-state index in [4.69, 9.17) is 4.74 Å². The normalized spacial score (nSPS) is 11.8. The number of benzene rings is 2. The number of carboxylic acid groups (broad SMARTS) is 1. The maximum absolute atomic E-state index is 11.5. The van der Waals surface area contributed by atoms with E-state index in [-0.39, 0.29) is 0 Å². The number of hydrogen-bond donors (Lipinski definition) is 2. The molecule has 2 aromatic rings. The highest BCUT2D eigenvalue weighted by molar-refractivity contribution is 5.79. The van der Waals surface area contributed by atoms with Gasteiger partial charge in [-0.15, -0.1) is 0 Å². The largest absolute Gasteiger partial charge is 0.479 e. The van der Waals surface area contributed by atoms with Crippen molar-refractivity contribution < 1.29 is 14.6 Å². The Labute approximate surface area is 118 Å². The zero-order chi connectivity index (χ0) is 14.4. The molecule has 0 aliphatic heterocycles. The molecule has 0 heterocycles. The Hall–Kier alpha value is -2.33. The molecule has 0 saturated carbocycles. The predicted molar refractivity (Wildman–Crippen MR) is 77.6 cm³/mol. The van der Waals surface area contributed by atoms with Gasteiger partial charge in [-0.1, -0.05) is 48.5 Å². The summed E-state index contributed by atoms with van der Waals surface area (Å²) in [6, 6.07) is 15.9. The molecule has 2 rings (SSSR count). The minimum atomic E-state index is -0.914. The van der Waals surface area contributed by atoms with Gasteiger partial charge in [-0.25, -0.2) is 4.79 Å². The van der Waals surface area contributed by atoms with Gasteiger partial charge in [0.15, 0.2) is 6.04 Å². The Bertz CT molecular complexity index is 569. The van der Waals surface area contributed by atoms with Gasteiger partial charge in [0, 0.05) is 18.4 Å². The Morgan fingerprint density at radius 2 is 1.80 bits per heavy atom. The van der Waals surface area contributed by atoms with E-state index in [1.165, 1.54) is 0 Å². The van der Waals surface area contributed by atoms with Crippen molar-refractivity contribution in [3.05, 3.63) is 65.7 Å². The number of nitrogens with one attached hydrogen (secondary N) is 1. The minimum absolute atomic E-state index is 0.435. The summed E-state index contributed by atoms with van der Waals surface area (Å²) in [6.45, 7) is 0.435.